The summed E-state index contributed by atoms with van der Waals surface area (Å²) in [7, 11) is 3.11. The highest BCUT2D eigenvalue weighted by Gasteiger charge is 2.56. The number of methoxy groups -OCH3 is 2. The molecule has 0 aromatic rings. The van der Waals surface area contributed by atoms with Crippen LogP contribution in [0.4, 0.5) is 0 Å². The fraction of sp³-hybridized carbons (Fsp3) is 0.750. The monoisotopic (exact) mass is 842 g/mol. The van der Waals surface area contributed by atoms with Gasteiger partial charge in [-0.15, -0.1) is 13.2 Å². The zero-order valence-electron chi connectivity index (χ0n) is 37.7. The Labute approximate surface area is 359 Å². The molecule has 60 heavy (non-hydrogen) atoms. The summed E-state index contributed by atoms with van der Waals surface area (Å²) in [6, 6.07) is -1.04. The third-order valence-corrected chi connectivity index (χ3v) is 13.3. The van der Waals surface area contributed by atoms with Crippen molar-refractivity contribution in [3.8, 4) is 0 Å². The number of cyclic esters (lactones) is 1. The molecule has 2 saturated heterocycles. The van der Waals surface area contributed by atoms with Crippen molar-refractivity contribution in [2.75, 3.05) is 34.0 Å². The van der Waals surface area contributed by atoms with Gasteiger partial charge in [0.25, 0.3) is 11.7 Å². The molecule has 13 unspecified atom stereocenters. The minimum Gasteiger partial charge on any atom is -0.456 e. The van der Waals surface area contributed by atoms with Crippen LogP contribution in [0.25, 0.3) is 0 Å². The van der Waals surface area contributed by atoms with E-state index >= 15 is 0 Å². The highest BCUT2D eigenvalue weighted by atomic mass is 16.7. The lowest BCUT2D eigenvalue weighted by Gasteiger charge is -2.47. The molecule has 0 aromatic carbocycles. The number of carbonyl (C=O) groups is 4. The first-order valence-electron chi connectivity index (χ1n) is 22.5. The molecule has 1 amide bonds. The molecule has 1 N–H and O–H groups in total. The first kappa shape index (κ1) is 49.7. The van der Waals surface area contributed by atoms with Crippen molar-refractivity contribution in [1.29, 1.82) is 0 Å². The molecule has 3 heterocycles. The second-order valence-corrected chi connectivity index (χ2v) is 18.0. The molecule has 2 bridgehead atoms. The molecule has 1 aliphatic carbocycles. The number of hydrogen-bond acceptors (Lipinski definition) is 11. The predicted octanol–water partition coefficient (Wildman–Crippen LogP) is 7.27. The van der Waals surface area contributed by atoms with E-state index in [0.29, 0.717) is 71.0 Å². The van der Waals surface area contributed by atoms with Gasteiger partial charge < -0.3 is 38.4 Å². The van der Waals surface area contributed by atoms with E-state index in [4.69, 9.17) is 28.4 Å². The van der Waals surface area contributed by atoms with Crippen molar-refractivity contribution in [3.63, 3.8) is 0 Å². The quantitative estimate of drug-likeness (QED) is 0.127. The molecular formula is C48H75NO11. The summed E-state index contributed by atoms with van der Waals surface area (Å²) in [5.41, 5.74) is 1.93. The Kier molecular flexibility index (Phi) is 19.4. The third kappa shape index (κ3) is 12.6. The number of esters is 1. The molecule has 3 aliphatic heterocycles. The van der Waals surface area contributed by atoms with Crippen LogP contribution in [0.3, 0.4) is 0 Å². The lowest BCUT2D eigenvalue weighted by molar-refractivity contribution is -0.302. The molecule has 0 spiro atoms. The number of amides is 1. The molecule has 0 radical (unpaired) electrons. The summed E-state index contributed by atoms with van der Waals surface area (Å²) in [6.45, 7) is 20.4. The van der Waals surface area contributed by atoms with Crippen LogP contribution in [0.5, 0.6) is 0 Å². The lowest BCUT2D eigenvalue weighted by Crippen LogP contribution is -2.64. The number of carbonyl (C=O) groups excluding carboxylic acids is 4. The van der Waals surface area contributed by atoms with Crippen molar-refractivity contribution < 1.29 is 52.7 Å². The number of fused-ring (bicyclic) bond motifs is 3. The maximum absolute atomic E-state index is 14.4. The first-order valence-corrected chi connectivity index (χ1v) is 22.5. The predicted molar refractivity (Wildman–Crippen MR) is 230 cm³/mol. The fourth-order valence-electron chi connectivity index (χ4n) is 9.88. The number of piperidine rings is 1. The molecular weight excluding hydrogens is 767 g/mol. The number of aliphatic hydroxyl groups is 1. The van der Waals surface area contributed by atoms with Gasteiger partial charge in [-0.1, -0.05) is 57.6 Å². The average Bonchev–Trinajstić information content (AvgIpc) is 3.24. The number of rotatable bonds is 11. The Morgan fingerprint density at radius 3 is 2.23 bits per heavy atom. The van der Waals surface area contributed by atoms with E-state index in [1.807, 2.05) is 27.7 Å². The van der Waals surface area contributed by atoms with Gasteiger partial charge in [-0.05, 0) is 108 Å². The van der Waals surface area contributed by atoms with E-state index in [1.54, 1.807) is 33.3 Å². The van der Waals surface area contributed by atoms with E-state index in [0.717, 1.165) is 24.0 Å². The van der Waals surface area contributed by atoms with E-state index in [-0.39, 0.29) is 54.6 Å². The van der Waals surface area contributed by atoms with Gasteiger partial charge in [0.15, 0.2) is 0 Å². The summed E-state index contributed by atoms with van der Waals surface area (Å²) in [5.74, 6) is -6.14. The van der Waals surface area contributed by atoms with Crippen molar-refractivity contribution in [2.24, 2.45) is 29.6 Å². The van der Waals surface area contributed by atoms with E-state index in [1.165, 1.54) is 4.90 Å². The minimum atomic E-state index is -2.47. The Balaban J connectivity index is 1.72. The van der Waals surface area contributed by atoms with Crippen molar-refractivity contribution >= 4 is 23.4 Å². The first-order chi connectivity index (χ1) is 28.6. The maximum atomic E-state index is 14.4. The summed E-state index contributed by atoms with van der Waals surface area (Å²) in [5, 5.41) is 12.1. The second kappa shape index (κ2) is 23.4. The van der Waals surface area contributed by atoms with Crippen LogP contribution in [0, 0.1) is 29.6 Å². The highest BCUT2D eigenvalue weighted by Crippen LogP contribution is 2.39. The summed E-state index contributed by atoms with van der Waals surface area (Å²) < 4.78 is 36.7. The van der Waals surface area contributed by atoms with Gasteiger partial charge in [0, 0.05) is 39.0 Å². The molecule has 13 atom stereocenters. The Morgan fingerprint density at radius 2 is 1.58 bits per heavy atom. The Hall–Kier alpha value is -3.00. The molecule has 4 rings (SSSR count). The van der Waals surface area contributed by atoms with Gasteiger partial charge in [-0.3, -0.25) is 14.4 Å². The van der Waals surface area contributed by atoms with E-state index in [2.05, 4.69) is 32.2 Å². The van der Waals surface area contributed by atoms with Crippen LogP contribution in [0.2, 0.25) is 0 Å². The zero-order valence-corrected chi connectivity index (χ0v) is 37.7. The standard InChI is InChI=1S/C48H75NO11/c1-11-22-57-39-20-18-35(29-40(39)58-23-12-2)27-33(7)43-32(6)17-19-38(50)36(13-3)25-30(4)24-31(5)26-41(55-9)44-42(56-10)28-34(8)48(54,60-44)45(51)46(52)49-21-15-14-16-37(49)47(53)59-43/h11-12,25,27,31-32,34-37,39-44,54H,1-2,13-24,26,28-29H2,3-10H3. The minimum absolute atomic E-state index is 0.0800. The molecule has 4 aliphatic rings. The van der Waals surface area contributed by atoms with Gasteiger partial charge in [0.2, 0.25) is 5.79 Å². The molecule has 3 fully saturated rings. The van der Waals surface area contributed by atoms with E-state index in [9.17, 15) is 24.3 Å². The number of allylic oxidation sites excluding steroid dienone is 3. The Morgan fingerprint density at radius 1 is 0.917 bits per heavy atom. The van der Waals surface area contributed by atoms with Gasteiger partial charge in [-0.25, -0.2) is 4.79 Å². The summed E-state index contributed by atoms with van der Waals surface area (Å²) in [6.07, 6.45) is 11.6. The smallest absolute Gasteiger partial charge is 0.329 e. The van der Waals surface area contributed by atoms with Crippen molar-refractivity contribution in [1.82, 2.24) is 4.90 Å². The third-order valence-electron chi connectivity index (χ3n) is 13.3. The maximum Gasteiger partial charge on any atom is 0.329 e. The lowest BCUT2D eigenvalue weighted by atomic mass is 9.82. The number of nitrogens with zero attached hydrogens (tertiary/aromatic N) is 1. The number of ether oxygens (including phenoxy) is 6. The van der Waals surface area contributed by atoms with Gasteiger partial charge in [0.1, 0.15) is 24.0 Å². The van der Waals surface area contributed by atoms with E-state index < -0.39 is 59.8 Å². The summed E-state index contributed by atoms with van der Waals surface area (Å²) in [4.78, 5) is 58.1. The molecule has 12 heteroatoms. The number of hydrogen-bond donors (Lipinski definition) is 1. The zero-order chi connectivity index (χ0) is 44.1. The number of Topliss-reactive ketones (excluding diaryl/α,β-unsaturated/α-hetero) is 2. The molecule has 338 valence electrons. The second-order valence-electron chi connectivity index (χ2n) is 18.0. The van der Waals surface area contributed by atoms with Gasteiger partial charge in [0.05, 0.1) is 37.6 Å². The van der Waals surface area contributed by atoms with Crippen molar-refractivity contribution in [3.05, 3.63) is 48.6 Å². The van der Waals surface area contributed by atoms with Crippen LogP contribution in [-0.2, 0) is 47.6 Å². The van der Waals surface area contributed by atoms with Gasteiger partial charge in [-0.2, -0.15) is 0 Å². The normalized spacial score (nSPS) is 37.3. The largest absolute Gasteiger partial charge is 0.456 e. The number of ketones is 2. The molecule has 1 saturated carbocycles. The van der Waals surface area contributed by atoms with Crippen LogP contribution in [0.1, 0.15) is 119 Å². The van der Waals surface area contributed by atoms with Crippen LogP contribution < -0.4 is 0 Å². The van der Waals surface area contributed by atoms with Crippen LogP contribution in [-0.4, -0.2) is 116 Å². The van der Waals surface area contributed by atoms with Crippen LogP contribution >= 0.6 is 0 Å². The Bertz CT molecular complexity index is 1540. The van der Waals surface area contributed by atoms with Crippen LogP contribution in [0.15, 0.2) is 48.6 Å². The molecule has 12 nitrogen and oxygen atoms in total. The van der Waals surface area contributed by atoms with Gasteiger partial charge >= 0.3 is 5.97 Å². The summed E-state index contributed by atoms with van der Waals surface area (Å²) >= 11 is 0. The highest BCUT2D eigenvalue weighted by molar-refractivity contribution is 6.39. The van der Waals surface area contributed by atoms with Crippen molar-refractivity contribution in [2.45, 2.75) is 167 Å². The SMILES string of the molecule is C=CCOC1CCC(C=C(C)C2OC(=O)C3CCCCN3C(=O)C(=O)C3(O)OC(C(OC)CC(C)CC(C)=CC(CC)C(=O)CCC2C)C(OC)CC3C)CC1OCC=C. The fourth-order valence-corrected chi connectivity index (χ4v) is 9.88. The topological polar surface area (TPSA) is 147 Å². The molecule has 0 aromatic heterocycles. The average molecular weight is 842 g/mol.